The number of ether oxygens (including phenoxy) is 1. The second-order valence-electron chi connectivity index (χ2n) is 4.52. The molecule has 1 heterocycles. The van der Waals surface area contributed by atoms with Crippen LogP contribution in [0.2, 0.25) is 0 Å². The van der Waals surface area contributed by atoms with Crippen molar-refractivity contribution in [2.75, 3.05) is 13.7 Å². The third-order valence-electron chi connectivity index (χ3n) is 3.32. The first-order valence-corrected chi connectivity index (χ1v) is 6.25. The van der Waals surface area contributed by atoms with Gasteiger partial charge in [0.25, 0.3) is 0 Å². The highest BCUT2D eigenvalue weighted by atomic mass is 16.5. The number of para-hydroxylation sites is 1. The lowest BCUT2D eigenvalue weighted by Gasteiger charge is -2.17. The monoisotopic (exact) mass is 219 g/mol. The van der Waals surface area contributed by atoms with E-state index >= 15 is 0 Å². The van der Waals surface area contributed by atoms with Crippen LogP contribution in [0.25, 0.3) is 0 Å². The Morgan fingerprint density at radius 2 is 2.12 bits per heavy atom. The summed E-state index contributed by atoms with van der Waals surface area (Å²) in [4.78, 5) is 0. The Labute approximate surface area is 98.0 Å². The van der Waals surface area contributed by atoms with Crippen LogP contribution in [0.3, 0.4) is 0 Å². The zero-order valence-electron chi connectivity index (χ0n) is 10.0. The van der Waals surface area contributed by atoms with Crippen molar-refractivity contribution >= 4 is 0 Å². The molecule has 0 amide bonds. The van der Waals surface area contributed by atoms with Crippen molar-refractivity contribution in [1.82, 2.24) is 5.32 Å². The molecular formula is C14H21NO. The van der Waals surface area contributed by atoms with E-state index in [4.69, 9.17) is 4.74 Å². The van der Waals surface area contributed by atoms with Crippen molar-refractivity contribution in [3.05, 3.63) is 29.8 Å². The smallest absolute Gasteiger partial charge is 0.122 e. The number of hydrogen-bond donors (Lipinski definition) is 1. The Morgan fingerprint density at radius 1 is 1.25 bits per heavy atom. The standard InChI is InChI=1S/C14H21NO/c1-16-14-9-5-4-7-12(14)11-13-8-3-2-6-10-15-13/h4-5,7,9,13,15H,2-3,6,8,10-11H2,1H3/t13-/m1/s1. The number of nitrogens with one attached hydrogen (secondary N) is 1. The van der Waals surface area contributed by atoms with E-state index < -0.39 is 0 Å². The largest absolute Gasteiger partial charge is 0.496 e. The number of hydrogen-bond acceptors (Lipinski definition) is 2. The predicted molar refractivity (Wildman–Crippen MR) is 67.0 cm³/mol. The summed E-state index contributed by atoms with van der Waals surface area (Å²) in [6.07, 6.45) is 6.42. The summed E-state index contributed by atoms with van der Waals surface area (Å²) in [5, 5.41) is 3.63. The normalized spacial score (nSPS) is 21.4. The van der Waals surface area contributed by atoms with Gasteiger partial charge < -0.3 is 10.1 Å². The molecule has 0 aromatic heterocycles. The topological polar surface area (TPSA) is 21.3 Å². The Kier molecular flexibility index (Phi) is 4.23. The summed E-state index contributed by atoms with van der Waals surface area (Å²) >= 11 is 0. The van der Waals surface area contributed by atoms with E-state index in [9.17, 15) is 0 Å². The van der Waals surface area contributed by atoms with Gasteiger partial charge in [0.05, 0.1) is 7.11 Å². The van der Waals surface area contributed by atoms with Gasteiger partial charge in [0.15, 0.2) is 0 Å². The highest BCUT2D eigenvalue weighted by Gasteiger charge is 2.13. The van der Waals surface area contributed by atoms with E-state index in [1.807, 2.05) is 12.1 Å². The molecule has 1 fully saturated rings. The average Bonchev–Trinajstić information content (AvgIpc) is 2.58. The van der Waals surface area contributed by atoms with Gasteiger partial charge in [0.1, 0.15) is 5.75 Å². The van der Waals surface area contributed by atoms with E-state index in [2.05, 4.69) is 17.4 Å². The maximum atomic E-state index is 5.39. The third-order valence-corrected chi connectivity index (χ3v) is 3.32. The minimum absolute atomic E-state index is 0.624. The molecule has 0 saturated carbocycles. The Balaban J connectivity index is 2.01. The number of methoxy groups -OCH3 is 1. The lowest BCUT2D eigenvalue weighted by atomic mass is 10.0. The van der Waals surface area contributed by atoms with Gasteiger partial charge in [-0.05, 0) is 37.4 Å². The van der Waals surface area contributed by atoms with Gasteiger partial charge in [0.2, 0.25) is 0 Å². The van der Waals surface area contributed by atoms with Gasteiger partial charge in [-0.15, -0.1) is 0 Å². The number of benzene rings is 1. The Bertz CT molecular complexity index is 316. The second-order valence-corrected chi connectivity index (χ2v) is 4.52. The molecule has 0 radical (unpaired) electrons. The highest BCUT2D eigenvalue weighted by Crippen LogP contribution is 2.21. The van der Waals surface area contributed by atoms with Crippen molar-refractivity contribution in [2.24, 2.45) is 0 Å². The summed E-state index contributed by atoms with van der Waals surface area (Å²) in [6, 6.07) is 8.97. The fraction of sp³-hybridized carbons (Fsp3) is 0.571. The van der Waals surface area contributed by atoms with Crippen molar-refractivity contribution in [3.63, 3.8) is 0 Å². The van der Waals surface area contributed by atoms with Crippen LogP contribution >= 0.6 is 0 Å². The molecule has 2 rings (SSSR count). The predicted octanol–water partition coefficient (Wildman–Crippen LogP) is 2.77. The third kappa shape index (κ3) is 2.99. The van der Waals surface area contributed by atoms with Gasteiger partial charge in [-0.2, -0.15) is 0 Å². The van der Waals surface area contributed by atoms with Crippen LogP contribution in [0, 0.1) is 0 Å². The summed E-state index contributed by atoms with van der Waals surface area (Å²) in [6.45, 7) is 1.17. The Morgan fingerprint density at radius 3 is 3.00 bits per heavy atom. The van der Waals surface area contributed by atoms with Gasteiger partial charge in [0, 0.05) is 6.04 Å². The Hall–Kier alpha value is -1.02. The molecule has 1 saturated heterocycles. The molecule has 1 N–H and O–H groups in total. The van der Waals surface area contributed by atoms with Crippen LogP contribution in [0.15, 0.2) is 24.3 Å². The SMILES string of the molecule is COc1ccccc1C[C@H]1CCCCCN1. The minimum atomic E-state index is 0.624. The van der Waals surface area contributed by atoms with Crippen LogP contribution in [-0.4, -0.2) is 19.7 Å². The molecule has 2 heteroatoms. The van der Waals surface area contributed by atoms with E-state index in [-0.39, 0.29) is 0 Å². The van der Waals surface area contributed by atoms with Crippen LogP contribution in [0.5, 0.6) is 5.75 Å². The fourth-order valence-corrected chi connectivity index (χ4v) is 2.41. The van der Waals surface area contributed by atoms with Crippen molar-refractivity contribution < 1.29 is 4.74 Å². The van der Waals surface area contributed by atoms with Crippen LogP contribution in [0.4, 0.5) is 0 Å². The molecule has 1 aromatic carbocycles. The van der Waals surface area contributed by atoms with Gasteiger partial charge in [-0.25, -0.2) is 0 Å². The molecule has 0 aliphatic carbocycles. The summed E-state index contributed by atoms with van der Waals surface area (Å²) in [5.74, 6) is 1.02. The van der Waals surface area contributed by atoms with Gasteiger partial charge in [-0.3, -0.25) is 0 Å². The molecular weight excluding hydrogens is 198 g/mol. The molecule has 1 aliphatic heterocycles. The first-order valence-electron chi connectivity index (χ1n) is 6.25. The highest BCUT2D eigenvalue weighted by molar-refractivity contribution is 5.33. The van der Waals surface area contributed by atoms with E-state index in [0.717, 1.165) is 12.2 Å². The summed E-state index contributed by atoms with van der Waals surface area (Å²) in [5.41, 5.74) is 1.32. The molecule has 2 nitrogen and oxygen atoms in total. The van der Waals surface area contributed by atoms with Crippen LogP contribution in [-0.2, 0) is 6.42 Å². The second kappa shape index (κ2) is 5.90. The summed E-state index contributed by atoms with van der Waals surface area (Å²) < 4.78 is 5.39. The minimum Gasteiger partial charge on any atom is -0.496 e. The molecule has 0 spiro atoms. The molecule has 1 aliphatic rings. The van der Waals surface area contributed by atoms with E-state index in [1.54, 1.807) is 7.11 Å². The van der Waals surface area contributed by atoms with E-state index in [1.165, 1.54) is 37.8 Å². The fourth-order valence-electron chi connectivity index (χ4n) is 2.41. The van der Waals surface area contributed by atoms with Gasteiger partial charge in [-0.1, -0.05) is 31.0 Å². The van der Waals surface area contributed by atoms with Crippen LogP contribution < -0.4 is 10.1 Å². The molecule has 0 bridgehead atoms. The first-order chi connectivity index (χ1) is 7.90. The van der Waals surface area contributed by atoms with Gasteiger partial charge >= 0.3 is 0 Å². The quantitative estimate of drug-likeness (QED) is 0.844. The maximum Gasteiger partial charge on any atom is 0.122 e. The number of rotatable bonds is 3. The summed E-state index contributed by atoms with van der Waals surface area (Å²) in [7, 11) is 1.75. The zero-order valence-corrected chi connectivity index (χ0v) is 10.0. The molecule has 16 heavy (non-hydrogen) atoms. The lowest BCUT2D eigenvalue weighted by Crippen LogP contribution is -2.30. The van der Waals surface area contributed by atoms with E-state index in [0.29, 0.717) is 6.04 Å². The van der Waals surface area contributed by atoms with Crippen molar-refractivity contribution in [1.29, 1.82) is 0 Å². The average molecular weight is 219 g/mol. The first kappa shape index (κ1) is 11.5. The molecule has 88 valence electrons. The lowest BCUT2D eigenvalue weighted by molar-refractivity contribution is 0.404. The van der Waals surface area contributed by atoms with Crippen molar-refractivity contribution in [2.45, 2.75) is 38.1 Å². The zero-order chi connectivity index (χ0) is 11.2. The molecule has 1 aromatic rings. The molecule has 1 atom stereocenters. The van der Waals surface area contributed by atoms with Crippen molar-refractivity contribution in [3.8, 4) is 5.75 Å². The maximum absolute atomic E-state index is 5.39. The molecule has 0 unspecified atom stereocenters. The van der Waals surface area contributed by atoms with Crippen LogP contribution in [0.1, 0.15) is 31.2 Å².